The van der Waals surface area contributed by atoms with Crippen molar-refractivity contribution >= 4 is 0 Å². The molecule has 2 fully saturated rings. The van der Waals surface area contributed by atoms with Gasteiger partial charge in [0.2, 0.25) is 0 Å². The maximum atomic E-state index is 5.89. The van der Waals surface area contributed by atoms with Crippen molar-refractivity contribution in [3.05, 3.63) is 0 Å². The summed E-state index contributed by atoms with van der Waals surface area (Å²) in [4.78, 5) is 2.46. The van der Waals surface area contributed by atoms with E-state index in [1.165, 1.54) is 19.3 Å². The lowest BCUT2D eigenvalue weighted by molar-refractivity contribution is 0.0689. The fourth-order valence-electron chi connectivity index (χ4n) is 2.80. The molecule has 2 rings (SSSR count). The number of likely N-dealkylation sites (N-methyl/N-ethyl adjacent to an activating group) is 1. The zero-order chi connectivity index (χ0) is 11.5. The highest BCUT2D eigenvalue weighted by Gasteiger charge is 2.27. The van der Waals surface area contributed by atoms with Crippen molar-refractivity contribution < 1.29 is 0 Å². The van der Waals surface area contributed by atoms with Crippen LogP contribution in [0.15, 0.2) is 0 Å². The molecule has 2 saturated heterocycles. The van der Waals surface area contributed by atoms with E-state index in [0.29, 0.717) is 6.04 Å². The fourth-order valence-corrected chi connectivity index (χ4v) is 2.80. The van der Waals surface area contributed by atoms with Crippen molar-refractivity contribution in [2.24, 2.45) is 17.6 Å². The Labute approximate surface area is 98.3 Å². The summed E-state index contributed by atoms with van der Waals surface area (Å²) in [5.41, 5.74) is 0. The van der Waals surface area contributed by atoms with Crippen LogP contribution in [0.4, 0.5) is 0 Å². The fraction of sp³-hybridized carbons (Fsp3) is 1.00. The zero-order valence-electron chi connectivity index (χ0n) is 10.3. The Balaban J connectivity index is 1.79. The van der Waals surface area contributed by atoms with Crippen LogP contribution < -0.4 is 11.7 Å². The van der Waals surface area contributed by atoms with Crippen molar-refractivity contribution in [2.75, 3.05) is 39.8 Å². The molecule has 4 N–H and O–H groups in total. The van der Waals surface area contributed by atoms with Gasteiger partial charge in [0, 0.05) is 38.8 Å². The van der Waals surface area contributed by atoms with E-state index in [-0.39, 0.29) is 0 Å². The molecule has 0 bridgehead atoms. The summed E-state index contributed by atoms with van der Waals surface area (Å²) in [5, 5.41) is 3.90. The SMILES string of the molecule is CN1CCN(N)CC1CC1CCN(N)CC1. The van der Waals surface area contributed by atoms with Gasteiger partial charge in [-0.1, -0.05) is 0 Å². The molecule has 0 aliphatic carbocycles. The van der Waals surface area contributed by atoms with Gasteiger partial charge in [-0.2, -0.15) is 0 Å². The summed E-state index contributed by atoms with van der Waals surface area (Å²) in [6.07, 6.45) is 3.76. The Morgan fingerprint density at radius 2 is 1.69 bits per heavy atom. The molecular weight excluding hydrogens is 202 g/mol. The second-order valence-corrected chi connectivity index (χ2v) is 5.34. The third-order valence-electron chi connectivity index (χ3n) is 4.06. The first kappa shape index (κ1) is 12.3. The van der Waals surface area contributed by atoms with Gasteiger partial charge >= 0.3 is 0 Å². The Bertz CT molecular complexity index is 214. The molecule has 0 amide bonds. The Morgan fingerprint density at radius 1 is 1.00 bits per heavy atom. The van der Waals surface area contributed by atoms with Gasteiger partial charge in [0.1, 0.15) is 0 Å². The molecule has 0 aromatic carbocycles. The first-order chi connectivity index (χ1) is 7.65. The van der Waals surface area contributed by atoms with E-state index in [1.54, 1.807) is 0 Å². The number of hydrazine groups is 2. The average Bonchev–Trinajstić information content (AvgIpc) is 2.27. The van der Waals surface area contributed by atoms with Gasteiger partial charge < -0.3 is 4.90 Å². The van der Waals surface area contributed by atoms with Crippen molar-refractivity contribution in [3.8, 4) is 0 Å². The Kier molecular flexibility index (Phi) is 4.16. The highest BCUT2D eigenvalue weighted by Crippen LogP contribution is 2.23. The summed E-state index contributed by atoms with van der Waals surface area (Å²) < 4.78 is 0. The van der Waals surface area contributed by atoms with Crippen LogP contribution in [0, 0.1) is 5.92 Å². The van der Waals surface area contributed by atoms with Crippen LogP contribution >= 0.6 is 0 Å². The summed E-state index contributed by atoms with van der Waals surface area (Å²) in [6.45, 7) is 5.20. The molecule has 0 aromatic heterocycles. The maximum absolute atomic E-state index is 5.89. The van der Waals surface area contributed by atoms with E-state index >= 15 is 0 Å². The van der Waals surface area contributed by atoms with Crippen LogP contribution in [0.5, 0.6) is 0 Å². The lowest BCUT2D eigenvalue weighted by atomic mass is 9.89. The predicted molar refractivity (Wildman–Crippen MR) is 65.3 cm³/mol. The van der Waals surface area contributed by atoms with Crippen LogP contribution in [0.3, 0.4) is 0 Å². The first-order valence-corrected chi connectivity index (χ1v) is 6.34. The molecule has 0 aromatic rings. The Hall–Kier alpha value is -0.200. The molecule has 0 spiro atoms. The minimum atomic E-state index is 0.632. The molecule has 16 heavy (non-hydrogen) atoms. The third kappa shape index (κ3) is 3.15. The zero-order valence-corrected chi connectivity index (χ0v) is 10.3. The van der Waals surface area contributed by atoms with Crippen LogP contribution in [0.2, 0.25) is 0 Å². The van der Waals surface area contributed by atoms with E-state index in [0.717, 1.165) is 38.6 Å². The van der Waals surface area contributed by atoms with Gasteiger partial charge in [-0.3, -0.25) is 11.7 Å². The van der Waals surface area contributed by atoms with Crippen LogP contribution in [-0.2, 0) is 0 Å². The number of piperidine rings is 1. The standard InChI is InChI=1S/C11H25N5/c1-14-6-7-16(13)9-11(14)8-10-2-4-15(12)5-3-10/h10-11H,2-9,12-13H2,1H3. The largest absolute Gasteiger partial charge is 0.301 e. The van der Waals surface area contributed by atoms with Crippen molar-refractivity contribution in [1.82, 2.24) is 14.9 Å². The van der Waals surface area contributed by atoms with Crippen molar-refractivity contribution in [2.45, 2.75) is 25.3 Å². The molecule has 2 heterocycles. The number of piperazine rings is 1. The lowest BCUT2D eigenvalue weighted by Gasteiger charge is -2.40. The van der Waals surface area contributed by atoms with E-state index in [9.17, 15) is 0 Å². The molecule has 1 unspecified atom stereocenters. The van der Waals surface area contributed by atoms with Gasteiger partial charge in [-0.25, -0.2) is 10.0 Å². The number of nitrogens with zero attached hydrogens (tertiary/aromatic N) is 3. The summed E-state index contributed by atoms with van der Waals surface area (Å²) in [7, 11) is 2.22. The molecule has 5 heteroatoms. The van der Waals surface area contributed by atoms with Gasteiger partial charge in [0.15, 0.2) is 0 Å². The van der Waals surface area contributed by atoms with Gasteiger partial charge in [0.25, 0.3) is 0 Å². The molecule has 94 valence electrons. The van der Waals surface area contributed by atoms with E-state index in [2.05, 4.69) is 11.9 Å². The van der Waals surface area contributed by atoms with Gasteiger partial charge in [-0.05, 0) is 32.2 Å². The number of nitrogens with two attached hydrogens (primary N) is 2. The second-order valence-electron chi connectivity index (χ2n) is 5.34. The lowest BCUT2D eigenvalue weighted by Crippen LogP contribution is -2.54. The van der Waals surface area contributed by atoms with Crippen LogP contribution in [-0.4, -0.2) is 60.7 Å². The predicted octanol–water partition coefficient (Wildman–Crippen LogP) is -0.548. The topological polar surface area (TPSA) is 61.8 Å². The van der Waals surface area contributed by atoms with Crippen LogP contribution in [0.1, 0.15) is 19.3 Å². The second kappa shape index (κ2) is 5.42. The summed E-state index contributed by atoms with van der Waals surface area (Å²) >= 11 is 0. The van der Waals surface area contributed by atoms with E-state index in [4.69, 9.17) is 11.7 Å². The minimum Gasteiger partial charge on any atom is -0.301 e. The quantitative estimate of drug-likeness (QED) is 0.620. The molecule has 2 aliphatic heterocycles. The number of rotatable bonds is 2. The van der Waals surface area contributed by atoms with Gasteiger partial charge in [0.05, 0.1) is 0 Å². The number of hydrogen-bond acceptors (Lipinski definition) is 5. The number of hydrogen-bond donors (Lipinski definition) is 2. The highest BCUT2D eigenvalue weighted by atomic mass is 15.4. The van der Waals surface area contributed by atoms with Crippen LogP contribution in [0.25, 0.3) is 0 Å². The van der Waals surface area contributed by atoms with E-state index in [1.807, 2.05) is 10.0 Å². The normalized spacial score (nSPS) is 32.1. The van der Waals surface area contributed by atoms with Gasteiger partial charge in [-0.15, -0.1) is 0 Å². The molecule has 2 aliphatic rings. The Morgan fingerprint density at radius 3 is 2.38 bits per heavy atom. The van der Waals surface area contributed by atoms with Crippen molar-refractivity contribution in [3.63, 3.8) is 0 Å². The first-order valence-electron chi connectivity index (χ1n) is 6.34. The smallest absolute Gasteiger partial charge is 0.0285 e. The monoisotopic (exact) mass is 227 g/mol. The van der Waals surface area contributed by atoms with Crippen molar-refractivity contribution in [1.29, 1.82) is 0 Å². The minimum absolute atomic E-state index is 0.632. The summed E-state index contributed by atoms with van der Waals surface area (Å²) in [5.74, 6) is 12.5. The highest BCUT2D eigenvalue weighted by molar-refractivity contribution is 4.82. The molecule has 0 radical (unpaired) electrons. The molecule has 5 nitrogen and oxygen atoms in total. The molecule has 0 saturated carbocycles. The molecule has 1 atom stereocenters. The van der Waals surface area contributed by atoms with E-state index < -0.39 is 0 Å². The average molecular weight is 227 g/mol. The molecular formula is C11H25N5. The summed E-state index contributed by atoms with van der Waals surface area (Å²) in [6, 6.07) is 0.632. The maximum Gasteiger partial charge on any atom is 0.0285 e. The third-order valence-corrected chi connectivity index (χ3v) is 4.06.